The first-order chi connectivity index (χ1) is 8.08. The van der Waals surface area contributed by atoms with Gasteiger partial charge in [-0.1, -0.05) is 6.07 Å². The van der Waals surface area contributed by atoms with Crippen LogP contribution in [0.1, 0.15) is 17.4 Å². The minimum atomic E-state index is -0.753. The van der Waals surface area contributed by atoms with Crippen molar-refractivity contribution >= 4 is 31.9 Å². The molecule has 2 nitrogen and oxygen atoms in total. The number of benzene rings is 1. The highest BCUT2D eigenvalue weighted by Crippen LogP contribution is 2.28. The van der Waals surface area contributed by atoms with E-state index in [0.717, 1.165) is 10.0 Å². The Hall–Kier alpha value is -0.650. The first kappa shape index (κ1) is 12.8. The first-order valence-electron chi connectivity index (χ1n) is 4.93. The minimum absolute atomic E-state index is 0.317. The Morgan fingerprint density at radius 1 is 1.24 bits per heavy atom. The van der Waals surface area contributed by atoms with Crippen molar-refractivity contribution in [3.8, 4) is 0 Å². The second kappa shape index (κ2) is 5.33. The number of rotatable bonds is 3. The van der Waals surface area contributed by atoms with Crippen LogP contribution in [0.15, 0.2) is 43.9 Å². The molecule has 0 saturated heterocycles. The molecular formula is C12H9Br2FO2. The molecule has 90 valence electrons. The van der Waals surface area contributed by atoms with E-state index in [2.05, 4.69) is 31.9 Å². The molecule has 0 aliphatic heterocycles. The van der Waals surface area contributed by atoms with Crippen LogP contribution in [0.2, 0.25) is 0 Å². The van der Waals surface area contributed by atoms with Crippen LogP contribution in [0.4, 0.5) is 4.39 Å². The number of aliphatic hydroxyl groups excluding tert-OH is 1. The lowest BCUT2D eigenvalue weighted by Gasteiger charge is -2.09. The Morgan fingerprint density at radius 2 is 2.00 bits per heavy atom. The van der Waals surface area contributed by atoms with Gasteiger partial charge in [0.2, 0.25) is 0 Å². The van der Waals surface area contributed by atoms with Crippen LogP contribution >= 0.6 is 31.9 Å². The molecule has 0 aliphatic carbocycles. The largest absolute Gasteiger partial charge is 0.465 e. The lowest BCUT2D eigenvalue weighted by Crippen LogP contribution is -2.01. The van der Waals surface area contributed by atoms with Gasteiger partial charge in [-0.3, -0.25) is 0 Å². The van der Waals surface area contributed by atoms with E-state index in [1.165, 1.54) is 12.3 Å². The molecular weight excluding hydrogens is 355 g/mol. The molecule has 1 heterocycles. The van der Waals surface area contributed by atoms with E-state index >= 15 is 0 Å². The predicted octanol–water partition coefficient (Wildman–Crippen LogP) is 4.22. The first-order valence-corrected chi connectivity index (χ1v) is 6.51. The van der Waals surface area contributed by atoms with Gasteiger partial charge in [0.15, 0.2) is 0 Å². The van der Waals surface area contributed by atoms with Crippen LogP contribution in [0.3, 0.4) is 0 Å². The highest BCUT2D eigenvalue weighted by atomic mass is 79.9. The smallest absolute Gasteiger partial charge is 0.146 e. The highest BCUT2D eigenvalue weighted by Gasteiger charge is 2.15. The lowest BCUT2D eigenvalue weighted by atomic mass is 10.1. The molecule has 2 rings (SSSR count). The Balaban J connectivity index is 2.16. The van der Waals surface area contributed by atoms with Crippen molar-refractivity contribution in [3.05, 3.63) is 56.6 Å². The average Bonchev–Trinajstić information content (AvgIpc) is 2.70. The average molecular weight is 364 g/mol. The summed E-state index contributed by atoms with van der Waals surface area (Å²) in [7, 11) is 0. The fourth-order valence-corrected chi connectivity index (χ4v) is 2.42. The maximum Gasteiger partial charge on any atom is 0.146 e. The minimum Gasteiger partial charge on any atom is -0.465 e. The number of furan rings is 1. The molecule has 0 aliphatic rings. The standard InChI is InChI=1S/C12H9Br2FO2/c13-8-3-4-17-12(8)11(16)6-7-1-2-10(15)9(14)5-7/h1-5,11,16H,6H2. The van der Waals surface area contributed by atoms with Gasteiger partial charge in [0.1, 0.15) is 17.7 Å². The molecule has 2 aromatic rings. The van der Waals surface area contributed by atoms with Gasteiger partial charge in [-0.2, -0.15) is 0 Å². The Morgan fingerprint density at radius 3 is 2.59 bits per heavy atom. The summed E-state index contributed by atoms with van der Waals surface area (Å²) in [6, 6.07) is 6.37. The molecule has 0 saturated carbocycles. The highest BCUT2D eigenvalue weighted by molar-refractivity contribution is 9.10. The van der Waals surface area contributed by atoms with Crippen LogP contribution < -0.4 is 0 Å². The zero-order valence-corrected chi connectivity index (χ0v) is 11.8. The van der Waals surface area contributed by atoms with E-state index in [0.29, 0.717) is 16.7 Å². The second-order valence-corrected chi connectivity index (χ2v) is 5.31. The van der Waals surface area contributed by atoms with E-state index in [-0.39, 0.29) is 5.82 Å². The van der Waals surface area contributed by atoms with Crippen molar-refractivity contribution in [1.29, 1.82) is 0 Å². The third kappa shape index (κ3) is 2.97. The summed E-state index contributed by atoms with van der Waals surface area (Å²) < 4.78 is 19.3. The van der Waals surface area contributed by atoms with Gasteiger partial charge < -0.3 is 9.52 Å². The van der Waals surface area contributed by atoms with E-state index in [1.54, 1.807) is 18.2 Å². The fourth-order valence-electron chi connectivity index (χ4n) is 1.53. The quantitative estimate of drug-likeness (QED) is 0.885. The molecule has 1 unspecified atom stereocenters. The van der Waals surface area contributed by atoms with Gasteiger partial charge in [-0.15, -0.1) is 0 Å². The van der Waals surface area contributed by atoms with Crippen molar-refractivity contribution in [1.82, 2.24) is 0 Å². The molecule has 1 N–H and O–H groups in total. The maximum atomic E-state index is 13.0. The SMILES string of the molecule is OC(Cc1ccc(F)c(Br)c1)c1occc1Br. The monoisotopic (exact) mass is 362 g/mol. The Labute approximate surface area is 115 Å². The summed E-state index contributed by atoms with van der Waals surface area (Å²) in [5, 5.41) is 9.97. The van der Waals surface area contributed by atoms with Gasteiger partial charge in [0.25, 0.3) is 0 Å². The van der Waals surface area contributed by atoms with Crippen molar-refractivity contribution in [2.45, 2.75) is 12.5 Å². The van der Waals surface area contributed by atoms with Gasteiger partial charge in [0, 0.05) is 6.42 Å². The molecule has 1 aromatic carbocycles. The van der Waals surface area contributed by atoms with Crippen LogP contribution in [0.5, 0.6) is 0 Å². The number of hydrogen-bond donors (Lipinski definition) is 1. The third-order valence-corrected chi connectivity index (χ3v) is 3.62. The number of halogens is 3. The Kier molecular flexibility index (Phi) is 4.01. The summed E-state index contributed by atoms with van der Waals surface area (Å²) in [6.45, 7) is 0. The van der Waals surface area contributed by atoms with Crippen LogP contribution in [0.25, 0.3) is 0 Å². The molecule has 5 heteroatoms. The van der Waals surface area contributed by atoms with Crippen molar-refractivity contribution in [2.24, 2.45) is 0 Å². The molecule has 0 bridgehead atoms. The van der Waals surface area contributed by atoms with E-state index in [1.807, 2.05) is 0 Å². The molecule has 17 heavy (non-hydrogen) atoms. The van der Waals surface area contributed by atoms with Crippen LogP contribution in [-0.2, 0) is 6.42 Å². The van der Waals surface area contributed by atoms with Gasteiger partial charge in [0.05, 0.1) is 15.2 Å². The van der Waals surface area contributed by atoms with E-state index in [9.17, 15) is 9.50 Å². The summed E-state index contributed by atoms with van der Waals surface area (Å²) in [4.78, 5) is 0. The number of aliphatic hydroxyl groups is 1. The topological polar surface area (TPSA) is 33.4 Å². The summed E-state index contributed by atoms with van der Waals surface area (Å²) >= 11 is 6.39. The van der Waals surface area contributed by atoms with Gasteiger partial charge in [-0.25, -0.2) is 4.39 Å². The van der Waals surface area contributed by atoms with E-state index < -0.39 is 6.10 Å². The van der Waals surface area contributed by atoms with E-state index in [4.69, 9.17) is 4.42 Å². The van der Waals surface area contributed by atoms with Crippen LogP contribution in [0, 0.1) is 5.82 Å². The normalized spacial score (nSPS) is 12.7. The summed E-state index contributed by atoms with van der Waals surface area (Å²) in [5.41, 5.74) is 0.828. The van der Waals surface area contributed by atoms with Crippen LogP contribution in [-0.4, -0.2) is 5.11 Å². The molecule has 0 amide bonds. The summed E-state index contributed by atoms with van der Waals surface area (Å²) in [5.74, 6) is 0.160. The maximum absolute atomic E-state index is 13.0. The number of hydrogen-bond acceptors (Lipinski definition) is 2. The molecule has 0 radical (unpaired) electrons. The van der Waals surface area contributed by atoms with Gasteiger partial charge in [-0.05, 0) is 55.6 Å². The zero-order valence-electron chi connectivity index (χ0n) is 8.66. The lowest BCUT2D eigenvalue weighted by molar-refractivity contribution is 0.149. The zero-order chi connectivity index (χ0) is 12.4. The van der Waals surface area contributed by atoms with Crippen molar-refractivity contribution in [2.75, 3.05) is 0 Å². The fraction of sp³-hybridized carbons (Fsp3) is 0.167. The van der Waals surface area contributed by atoms with Crippen molar-refractivity contribution in [3.63, 3.8) is 0 Å². The van der Waals surface area contributed by atoms with Gasteiger partial charge >= 0.3 is 0 Å². The third-order valence-electron chi connectivity index (χ3n) is 2.36. The predicted molar refractivity (Wildman–Crippen MR) is 69.2 cm³/mol. The van der Waals surface area contributed by atoms with Crippen molar-refractivity contribution < 1.29 is 13.9 Å². The molecule has 1 atom stereocenters. The second-order valence-electron chi connectivity index (χ2n) is 3.60. The molecule has 0 spiro atoms. The molecule has 0 fully saturated rings. The summed E-state index contributed by atoms with van der Waals surface area (Å²) in [6.07, 6.45) is 1.12. The molecule has 1 aromatic heterocycles. The Bertz CT molecular complexity index is 525.